The van der Waals surface area contributed by atoms with Crippen LogP contribution in [-0.2, 0) is 18.0 Å². The number of benzene rings is 1. The van der Waals surface area contributed by atoms with Gasteiger partial charge in [0.1, 0.15) is 0 Å². The highest BCUT2D eigenvalue weighted by Gasteiger charge is 2.38. The highest BCUT2D eigenvalue weighted by molar-refractivity contribution is 8.00. The summed E-state index contributed by atoms with van der Waals surface area (Å²) in [6.45, 7) is 3.66. The summed E-state index contributed by atoms with van der Waals surface area (Å²) >= 11 is 0.948. The predicted molar refractivity (Wildman–Crippen MR) is 93.6 cm³/mol. The van der Waals surface area contributed by atoms with Crippen molar-refractivity contribution in [3.8, 4) is 0 Å². The van der Waals surface area contributed by atoms with E-state index in [0.29, 0.717) is 0 Å². The van der Waals surface area contributed by atoms with Crippen LogP contribution in [0.5, 0.6) is 0 Å². The zero-order chi connectivity index (χ0) is 19.3. The average molecular weight is 386 g/mol. The molecule has 1 aromatic heterocycles. The number of alkyl halides is 3. The van der Waals surface area contributed by atoms with Crippen LogP contribution in [0.1, 0.15) is 44.1 Å². The van der Waals surface area contributed by atoms with E-state index in [9.17, 15) is 18.0 Å². The maximum Gasteiger partial charge on any atom is 0.451 e. The van der Waals surface area contributed by atoms with Crippen molar-refractivity contribution < 1.29 is 18.0 Å². The fourth-order valence-electron chi connectivity index (χ4n) is 2.46. The van der Waals surface area contributed by atoms with Gasteiger partial charge in [-0.3, -0.25) is 4.79 Å². The SMILES string of the molecule is CCC[C@H](NC(=O)[C@H](C)Sc1nnc(C(F)(F)F)n1C)c1ccccc1. The van der Waals surface area contributed by atoms with Crippen molar-refractivity contribution in [1.29, 1.82) is 0 Å². The van der Waals surface area contributed by atoms with Gasteiger partial charge in [0, 0.05) is 7.05 Å². The second kappa shape index (κ2) is 8.57. The second-order valence-corrected chi connectivity index (χ2v) is 7.19. The summed E-state index contributed by atoms with van der Waals surface area (Å²) in [5.41, 5.74) is 0.998. The van der Waals surface area contributed by atoms with E-state index >= 15 is 0 Å². The Labute approximate surface area is 154 Å². The van der Waals surface area contributed by atoms with Crippen LogP contribution in [0, 0.1) is 0 Å². The molecule has 1 N–H and O–H groups in total. The lowest BCUT2D eigenvalue weighted by Gasteiger charge is -2.21. The van der Waals surface area contributed by atoms with Crippen molar-refractivity contribution in [2.75, 3.05) is 0 Å². The number of nitrogens with zero attached hydrogens (tertiary/aromatic N) is 3. The lowest BCUT2D eigenvalue weighted by molar-refractivity contribution is -0.147. The Morgan fingerprint density at radius 3 is 2.46 bits per heavy atom. The van der Waals surface area contributed by atoms with Crippen LogP contribution in [0.25, 0.3) is 0 Å². The normalized spacial score (nSPS) is 14.1. The molecule has 0 aliphatic heterocycles. The number of carbonyl (C=O) groups excluding carboxylic acids is 1. The van der Waals surface area contributed by atoms with E-state index in [1.54, 1.807) is 6.92 Å². The van der Waals surface area contributed by atoms with Crippen molar-refractivity contribution in [3.63, 3.8) is 0 Å². The predicted octanol–water partition coefficient (Wildman–Crippen LogP) is 3.97. The maximum atomic E-state index is 12.8. The first-order chi connectivity index (χ1) is 12.2. The number of hydrogen-bond acceptors (Lipinski definition) is 4. The first kappa shape index (κ1) is 20.3. The quantitative estimate of drug-likeness (QED) is 0.732. The van der Waals surface area contributed by atoms with Crippen molar-refractivity contribution in [2.24, 2.45) is 7.05 Å². The van der Waals surface area contributed by atoms with Crippen LogP contribution in [-0.4, -0.2) is 25.9 Å². The monoisotopic (exact) mass is 386 g/mol. The van der Waals surface area contributed by atoms with Gasteiger partial charge >= 0.3 is 6.18 Å². The van der Waals surface area contributed by atoms with Gasteiger partial charge in [0.25, 0.3) is 0 Å². The van der Waals surface area contributed by atoms with Gasteiger partial charge < -0.3 is 9.88 Å². The number of amides is 1. The lowest BCUT2D eigenvalue weighted by Crippen LogP contribution is -2.34. The summed E-state index contributed by atoms with van der Waals surface area (Å²) in [4.78, 5) is 12.5. The van der Waals surface area contributed by atoms with Crippen LogP contribution in [0.2, 0.25) is 0 Å². The van der Waals surface area contributed by atoms with E-state index in [1.165, 1.54) is 7.05 Å². The molecule has 5 nitrogen and oxygen atoms in total. The average Bonchev–Trinajstić information content (AvgIpc) is 2.96. The molecule has 2 rings (SSSR count). The number of thioether (sulfide) groups is 1. The molecule has 0 unspecified atom stereocenters. The largest absolute Gasteiger partial charge is 0.451 e. The number of aromatic nitrogens is 3. The Kier molecular flexibility index (Phi) is 6.69. The minimum atomic E-state index is -4.58. The van der Waals surface area contributed by atoms with Gasteiger partial charge in [-0.05, 0) is 18.9 Å². The number of rotatable bonds is 7. The van der Waals surface area contributed by atoms with Crippen LogP contribution >= 0.6 is 11.8 Å². The summed E-state index contributed by atoms with van der Waals surface area (Å²) in [7, 11) is 1.24. The van der Waals surface area contributed by atoms with E-state index < -0.39 is 17.3 Å². The van der Waals surface area contributed by atoms with Crippen LogP contribution < -0.4 is 5.32 Å². The smallest absolute Gasteiger partial charge is 0.348 e. The molecule has 0 spiro atoms. The lowest BCUT2D eigenvalue weighted by atomic mass is 10.0. The Morgan fingerprint density at radius 2 is 1.92 bits per heavy atom. The third-order valence-electron chi connectivity index (χ3n) is 3.84. The molecular weight excluding hydrogens is 365 g/mol. The Morgan fingerprint density at radius 1 is 1.27 bits per heavy atom. The van der Waals surface area contributed by atoms with Gasteiger partial charge in [0.15, 0.2) is 5.16 Å². The van der Waals surface area contributed by atoms with Gasteiger partial charge in [-0.25, -0.2) is 0 Å². The van der Waals surface area contributed by atoms with Gasteiger partial charge in [-0.2, -0.15) is 13.2 Å². The third-order valence-corrected chi connectivity index (χ3v) is 4.97. The second-order valence-electron chi connectivity index (χ2n) is 5.88. The maximum absolute atomic E-state index is 12.8. The van der Waals surface area contributed by atoms with Crippen LogP contribution in [0.3, 0.4) is 0 Å². The molecule has 0 fully saturated rings. The zero-order valence-corrected chi connectivity index (χ0v) is 15.6. The van der Waals surface area contributed by atoms with Crippen LogP contribution in [0.15, 0.2) is 35.5 Å². The number of carbonyl (C=O) groups is 1. The molecule has 0 bridgehead atoms. The molecule has 2 atom stereocenters. The molecular formula is C17H21F3N4OS. The summed E-state index contributed by atoms with van der Waals surface area (Å²) in [6.07, 6.45) is -2.92. The first-order valence-electron chi connectivity index (χ1n) is 8.22. The van der Waals surface area contributed by atoms with Gasteiger partial charge in [0.05, 0.1) is 11.3 Å². The van der Waals surface area contributed by atoms with E-state index in [0.717, 1.165) is 34.7 Å². The Bertz CT molecular complexity index is 733. The third kappa shape index (κ3) is 5.00. The molecule has 26 heavy (non-hydrogen) atoms. The topological polar surface area (TPSA) is 59.8 Å². The summed E-state index contributed by atoms with van der Waals surface area (Å²) in [6, 6.07) is 9.45. The molecule has 0 radical (unpaired) electrons. The van der Waals surface area contributed by atoms with Gasteiger partial charge in [-0.15, -0.1) is 10.2 Å². The molecule has 0 aliphatic rings. The van der Waals surface area contributed by atoms with E-state index in [2.05, 4.69) is 15.5 Å². The zero-order valence-electron chi connectivity index (χ0n) is 14.7. The molecule has 0 saturated carbocycles. The molecule has 2 aromatic rings. The van der Waals surface area contributed by atoms with Crippen molar-refractivity contribution in [1.82, 2.24) is 20.1 Å². The standard InChI is InChI=1S/C17H21F3N4OS/c1-4-8-13(12-9-6-5-7-10-12)21-14(25)11(2)26-16-23-22-15(24(16)3)17(18,19)20/h5-7,9-11,13H,4,8H2,1-3H3,(H,21,25)/t11-,13-/m0/s1. The number of hydrogen-bond donors (Lipinski definition) is 1. The van der Waals surface area contributed by atoms with E-state index in [-0.39, 0.29) is 17.1 Å². The fourth-order valence-corrected chi connectivity index (χ4v) is 3.29. The minimum Gasteiger partial charge on any atom is -0.348 e. The molecule has 0 saturated heterocycles. The molecule has 1 heterocycles. The van der Waals surface area contributed by atoms with Crippen molar-refractivity contribution in [3.05, 3.63) is 41.7 Å². The number of halogens is 3. The number of nitrogens with one attached hydrogen (secondary N) is 1. The molecule has 1 amide bonds. The summed E-state index contributed by atoms with van der Waals surface area (Å²) in [5.74, 6) is -1.34. The van der Waals surface area contributed by atoms with E-state index in [1.807, 2.05) is 37.3 Å². The Balaban J connectivity index is 2.06. The van der Waals surface area contributed by atoms with Gasteiger partial charge in [-0.1, -0.05) is 55.4 Å². The molecule has 9 heteroatoms. The van der Waals surface area contributed by atoms with E-state index in [4.69, 9.17) is 0 Å². The molecule has 142 valence electrons. The summed E-state index contributed by atoms with van der Waals surface area (Å²) in [5, 5.41) is 9.14. The van der Waals surface area contributed by atoms with Crippen molar-refractivity contribution in [2.45, 2.75) is 49.3 Å². The fraction of sp³-hybridized carbons (Fsp3) is 0.471. The molecule has 0 aliphatic carbocycles. The van der Waals surface area contributed by atoms with Gasteiger partial charge in [0.2, 0.25) is 11.7 Å². The first-order valence-corrected chi connectivity index (χ1v) is 9.10. The minimum absolute atomic E-state index is 0.0479. The molecule has 1 aromatic carbocycles. The Hall–Kier alpha value is -2.03. The van der Waals surface area contributed by atoms with Crippen LogP contribution in [0.4, 0.5) is 13.2 Å². The summed E-state index contributed by atoms with van der Waals surface area (Å²) < 4.78 is 39.2. The highest BCUT2D eigenvalue weighted by atomic mass is 32.2. The van der Waals surface area contributed by atoms with Crippen molar-refractivity contribution >= 4 is 17.7 Å². The highest BCUT2D eigenvalue weighted by Crippen LogP contribution is 2.31.